The van der Waals surface area contributed by atoms with Crippen LogP contribution < -0.4 is 0 Å². The van der Waals surface area contributed by atoms with E-state index in [1.807, 2.05) is 13.8 Å². The second-order valence-electron chi connectivity index (χ2n) is 8.61. The van der Waals surface area contributed by atoms with E-state index in [0.717, 1.165) is 24.0 Å². The molecule has 0 saturated heterocycles. The first-order valence-electron chi connectivity index (χ1n) is 9.80. The fourth-order valence-corrected chi connectivity index (χ4v) is 5.39. The van der Waals surface area contributed by atoms with E-state index in [1.54, 1.807) is 0 Å². The molecule has 1 fully saturated rings. The second kappa shape index (κ2) is 6.40. The topological polar surface area (TPSA) is 99.9 Å². The summed E-state index contributed by atoms with van der Waals surface area (Å²) in [6.07, 6.45) is 4.05. The van der Waals surface area contributed by atoms with Crippen molar-refractivity contribution in [1.82, 2.24) is 0 Å². The first-order valence-corrected chi connectivity index (χ1v) is 9.80. The van der Waals surface area contributed by atoms with Crippen molar-refractivity contribution in [2.75, 3.05) is 13.7 Å². The molecule has 0 aromatic carbocycles. The van der Waals surface area contributed by atoms with E-state index in [1.165, 1.54) is 20.3 Å². The Morgan fingerprint density at radius 2 is 1.90 bits per heavy atom. The molecule has 1 aliphatic heterocycles. The first kappa shape index (κ1) is 19.6. The molecule has 0 amide bonds. The lowest BCUT2D eigenvalue weighted by atomic mass is 9.56. The molecule has 3 unspecified atom stereocenters. The lowest BCUT2D eigenvalue weighted by molar-refractivity contribution is -0.138. The maximum absolute atomic E-state index is 13.2. The third kappa shape index (κ3) is 2.56. The number of carbonyl (C=O) groups excluding carboxylic acids is 4. The van der Waals surface area contributed by atoms with Crippen LogP contribution in [0.3, 0.4) is 0 Å². The monoisotopic (exact) mass is 400 g/mol. The zero-order valence-corrected chi connectivity index (χ0v) is 17.0. The number of hydrogen-bond acceptors (Lipinski definition) is 7. The second-order valence-corrected chi connectivity index (χ2v) is 8.61. The molecule has 4 aliphatic rings. The molecule has 7 heteroatoms. The Hall–Kier alpha value is -2.70. The molecule has 1 saturated carbocycles. The summed E-state index contributed by atoms with van der Waals surface area (Å²) in [5, 5.41) is 0. The number of esters is 2. The minimum Gasteiger partial charge on any atom is -0.469 e. The van der Waals surface area contributed by atoms with E-state index in [4.69, 9.17) is 9.15 Å². The summed E-state index contributed by atoms with van der Waals surface area (Å²) in [5.41, 5.74) is 1.91. The van der Waals surface area contributed by atoms with Gasteiger partial charge < -0.3 is 13.9 Å². The molecule has 5 rings (SSSR count). The van der Waals surface area contributed by atoms with E-state index < -0.39 is 16.8 Å². The third-order valence-electron chi connectivity index (χ3n) is 7.09. The van der Waals surface area contributed by atoms with Gasteiger partial charge in [-0.1, -0.05) is 6.92 Å². The summed E-state index contributed by atoms with van der Waals surface area (Å²) < 4.78 is 15.0. The van der Waals surface area contributed by atoms with Crippen LogP contribution in [0.1, 0.15) is 72.9 Å². The first-order chi connectivity index (χ1) is 13.6. The number of hydrogen-bond donors (Lipinski definition) is 0. The quantitative estimate of drug-likeness (QED) is 0.617. The fourth-order valence-electron chi connectivity index (χ4n) is 5.39. The molecule has 3 aliphatic carbocycles. The van der Waals surface area contributed by atoms with Crippen LogP contribution >= 0.6 is 0 Å². The zero-order chi connectivity index (χ0) is 21.1. The van der Waals surface area contributed by atoms with Crippen LogP contribution in [0.15, 0.2) is 21.8 Å². The van der Waals surface area contributed by atoms with Crippen LogP contribution in [0.2, 0.25) is 0 Å². The van der Waals surface area contributed by atoms with Crippen molar-refractivity contribution in [3.05, 3.63) is 34.3 Å². The summed E-state index contributed by atoms with van der Waals surface area (Å²) in [6, 6.07) is 0. The molecule has 2 heterocycles. The Morgan fingerprint density at radius 1 is 1.21 bits per heavy atom. The Balaban J connectivity index is 0.000000369. The van der Waals surface area contributed by atoms with E-state index in [2.05, 4.69) is 4.74 Å². The molecule has 3 atom stereocenters. The number of Topliss-reactive ketones (excluding diaryl/α,β-unsaturated/α-hetero) is 2. The van der Waals surface area contributed by atoms with Crippen molar-refractivity contribution in [1.29, 1.82) is 0 Å². The number of ether oxygens (including phenoxy) is 2. The SMILES string of the molecule is CC12COC(=O)c3coc(c31)C(=O)C1=C2CCC2(C)C(=O)CCC12.COC(C)=O. The van der Waals surface area contributed by atoms with Crippen molar-refractivity contribution in [2.45, 2.75) is 51.9 Å². The minimum atomic E-state index is -0.512. The summed E-state index contributed by atoms with van der Waals surface area (Å²) >= 11 is 0. The van der Waals surface area contributed by atoms with Crippen LogP contribution in [-0.4, -0.2) is 37.2 Å². The van der Waals surface area contributed by atoms with Crippen molar-refractivity contribution < 1.29 is 33.1 Å². The van der Waals surface area contributed by atoms with Crippen LogP contribution in [0.25, 0.3) is 0 Å². The van der Waals surface area contributed by atoms with Gasteiger partial charge in [0.15, 0.2) is 5.76 Å². The van der Waals surface area contributed by atoms with Gasteiger partial charge in [-0.3, -0.25) is 14.4 Å². The van der Waals surface area contributed by atoms with Gasteiger partial charge in [0.1, 0.15) is 24.2 Å². The van der Waals surface area contributed by atoms with E-state index in [-0.39, 0.29) is 35.8 Å². The standard InChI is InChI=1S/C19H18O5.C3H6O2/c1-18-6-5-11-13(10(18)3-4-12(18)20)15(21)16-14-9(7-23-16)17(22)24-8-19(11,14)2;1-3(4)5-2/h7,10H,3-6,8H2,1-2H3;1-2H3. The highest BCUT2D eigenvalue weighted by atomic mass is 16.5. The molecule has 0 N–H and O–H groups in total. The Bertz CT molecular complexity index is 981. The van der Waals surface area contributed by atoms with Crippen LogP contribution in [-0.2, 0) is 24.5 Å². The summed E-state index contributed by atoms with van der Waals surface area (Å²) in [4.78, 5) is 47.2. The lowest BCUT2D eigenvalue weighted by Crippen LogP contribution is -2.47. The Kier molecular flexibility index (Phi) is 4.33. The number of rotatable bonds is 0. The molecular weight excluding hydrogens is 376 g/mol. The van der Waals surface area contributed by atoms with Crippen molar-refractivity contribution in [2.24, 2.45) is 11.3 Å². The molecular formula is C22H24O7. The molecule has 0 radical (unpaired) electrons. The predicted molar refractivity (Wildman–Crippen MR) is 100 cm³/mol. The van der Waals surface area contributed by atoms with E-state index >= 15 is 0 Å². The largest absolute Gasteiger partial charge is 0.469 e. The van der Waals surface area contributed by atoms with Gasteiger partial charge in [0, 0.05) is 35.8 Å². The maximum atomic E-state index is 13.2. The smallest absolute Gasteiger partial charge is 0.341 e. The van der Waals surface area contributed by atoms with Crippen molar-refractivity contribution in [3.63, 3.8) is 0 Å². The van der Waals surface area contributed by atoms with E-state index in [9.17, 15) is 19.2 Å². The van der Waals surface area contributed by atoms with Gasteiger partial charge in [-0.2, -0.15) is 0 Å². The minimum absolute atomic E-state index is 0.0441. The van der Waals surface area contributed by atoms with Gasteiger partial charge in [0.05, 0.1) is 12.5 Å². The average Bonchev–Trinajstić information content (AvgIpc) is 3.27. The lowest BCUT2D eigenvalue weighted by Gasteiger charge is -2.46. The summed E-state index contributed by atoms with van der Waals surface area (Å²) in [6.45, 7) is 5.61. The molecule has 1 aromatic rings. The van der Waals surface area contributed by atoms with Crippen molar-refractivity contribution in [3.8, 4) is 0 Å². The normalized spacial score (nSPS) is 31.9. The predicted octanol–water partition coefficient (Wildman–Crippen LogP) is 3.16. The van der Waals surface area contributed by atoms with Crippen LogP contribution in [0.5, 0.6) is 0 Å². The Labute approximate surface area is 168 Å². The van der Waals surface area contributed by atoms with Gasteiger partial charge >= 0.3 is 11.9 Å². The van der Waals surface area contributed by atoms with Gasteiger partial charge in [0.2, 0.25) is 5.78 Å². The number of cyclic esters (lactones) is 1. The fraction of sp³-hybridized carbons (Fsp3) is 0.545. The summed E-state index contributed by atoms with van der Waals surface area (Å²) in [5.74, 6) is -0.318. The van der Waals surface area contributed by atoms with E-state index in [0.29, 0.717) is 24.0 Å². The number of ketones is 2. The molecule has 7 nitrogen and oxygen atoms in total. The molecule has 29 heavy (non-hydrogen) atoms. The maximum Gasteiger partial charge on any atom is 0.341 e. The number of carbonyl (C=O) groups is 4. The third-order valence-corrected chi connectivity index (χ3v) is 7.09. The average molecular weight is 400 g/mol. The summed E-state index contributed by atoms with van der Waals surface area (Å²) in [7, 11) is 1.35. The van der Waals surface area contributed by atoms with Crippen LogP contribution in [0, 0.1) is 11.3 Å². The highest BCUT2D eigenvalue weighted by Crippen LogP contribution is 2.59. The highest BCUT2D eigenvalue weighted by Gasteiger charge is 2.58. The molecule has 0 spiro atoms. The number of allylic oxidation sites excluding steroid dienone is 1. The van der Waals surface area contributed by atoms with Gasteiger partial charge in [0.25, 0.3) is 0 Å². The number of furan rings is 1. The van der Waals surface area contributed by atoms with Gasteiger partial charge in [-0.05, 0) is 31.8 Å². The molecule has 0 bridgehead atoms. The number of methoxy groups -OCH3 is 1. The number of fused-ring (bicyclic) bond motifs is 3. The zero-order valence-electron chi connectivity index (χ0n) is 17.0. The highest BCUT2D eigenvalue weighted by molar-refractivity contribution is 6.14. The van der Waals surface area contributed by atoms with Crippen LogP contribution in [0.4, 0.5) is 0 Å². The molecule has 154 valence electrons. The van der Waals surface area contributed by atoms with Crippen molar-refractivity contribution >= 4 is 23.5 Å². The Morgan fingerprint density at radius 3 is 2.55 bits per heavy atom. The van der Waals surface area contributed by atoms with Gasteiger partial charge in [-0.25, -0.2) is 4.79 Å². The molecule has 1 aromatic heterocycles. The van der Waals surface area contributed by atoms with Gasteiger partial charge in [-0.15, -0.1) is 0 Å².